The Morgan fingerprint density at radius 1 is 1.29 bits per heavy atom. The molecule has 1 saturated heterocycles. The van der Waals surface area contributed by atoms with E-state index in [2.05, 4.69) is 12.2 Å². The summed E-state index contributed by atoms with van der Waals surface area (Å²) in [6, 6.07) is 2.91. The SMILES string of the molecule is CCC[C@H]1CCN2C(=O)c3c(O)c(=O)c(C(=O)NCc4ccc(F)cc4F)cn3C[C@@H]12. The predicted molar refractivity (Wildman–Crippen MR) is 108 cm³/mol. The fraction of sp³-hybridized carbons (Fsp3) is 0.409. The maximum absolute atomic E-state index is 13.8. The topological polar surface area (TPSA) is 91.6 Å². The summed E-state index contributed by atoms with van der Waals surface area (Å²) >= 11 is 0. The maximum atomic E-state index is 13.8. The number of aromatic hydroxyl groups is 1. The Bertz CT molecular complexity index is 1110. The molecular formula is C22H23F2N3O4. The van der Waals surface area contributed by atoms with E-state index in [9.17, 15) is 28.3 Å². The molecule has 1 aromatic heterocycles. The zero-order valence-corrected chi connectivity index (χ0v) is 17.0. The number of carbonyl (C=O) groups is 2. The standard InChI is InChI=1S/C22H23F2N3O4/c1-2-3-12-6-7-27-17(12)11-26-10-15(19(28)20(29)18(26)22(27)31)21(30)25-9-13-4-5-14(23)8-16(13)24/h4-5,8,10,12,17,29H,2-3,6-7,9,11H2,1H3,(H,25,30)/t12-,17-/m0/s1. The van der Waals surface area contributed by atoms with E-state index in [4.69, 9.17) is 0 Å². The second-order valence-corrected chi connectivity index (χ2v) is 8.04. The van der Waals surface area contributed by atoms with E-state index in [1.54, 1.807) is 4.90 Å². The van der Waals surface area contributed by atoms with Crippen molar-refractivity contribution in [2.24, 2.45) is 5.92 Å². The molecule has 0 unspecified atom stereocenters. The van der Waals surface area contributed by atoms with Crippen molar-refractivity contribution < 1.29 is 23.5 Å². The first-order chi connectivity index (χ1) is 14.8. The molecule has 0 aliphatic carbocycles. The minimum absolute atomic E-state index is 0.0499. The molecule has 2 aliphatic rings. The first-order valence-electron chi connectivity index (χ1n) is 10.3. The number of nitrogens with one attached hydrogen (secondary N) is 1. The van der Waals surface area contributed by atoms with Crippen molar-refractivity contribution in [3.63, 3.8) is 0 Å². The Kier molecular flexibility index (Phi) is 5.51. The van der Waals surface area contributed by atoms with Crippen LogP contribution in [0.4, 0.5) is 8.78 Å². The smallest absolute Gasteiger partial charge is 0.274 e. The van der Waals surface area contributed by atoms with Crippen LogP contribution in [0.1, 0.15) is 52.6 Å². The molecule has 2 N–H and O–H groups in total. The Labute approximate surface area is 177 Å². The fourth-order valence-electron chi connectivity index (χ4n) is 4.58. The molecule has 2 atom stereocenters. The number of benzene rings is 1. The van der Waals surface area contributed by atoms with Crippen LogP contribution in [0, 0.1) is 17.6 Å². The highest BCUT2D eigenvalue weighted by Crippen LogP contribution is 2.35. The van der Waals surface area contributed by atoms with E-state index >= 15 is 0 Å². The largest absolute Gasteiger partial charge is 0.503 e. The Hall–Kier alpha value is -3.23. The van der Waals surface area contributed by atoms with Crippen LogP contribution in [0.3, 0.4) is 0 Å². The molecule has 1 aromatic carbocycles. The molecule has 2 amide bonds. The number of aromatic nitrogens is 1. The Morgan fingerprint density at radius 3 is 2.77 bits per heavy atom. The summed E-state index contributed by atoms with van der Waals surface area (Å²) in [4.78, 5) is 39.8. The predicted octanol–water partition coefficient (Wildman–Crippen LogP) is 2.41. The van der Waals surface area contributed by atoms with Gasteiger partial charge in [-0.1, -0.05) is 19.4 Å². The van der Waals surface area contributed by atoms with Crippen molar-refractivity contribution in [3.05, 3.63) is 63.1 Å². The minimum atomic E-state index is -0.959. The molecule has 0 radical (unpaired) electrons. The van der Waals surface area contributed by atoms with E-state index in [0.717, 1.165) is 25.3 Å². The second-order valence-electron chi connectivity index (χ2n) is 8.04. The van der Waals surface area contributed by atoms with Gasteiger partial charge in [-0.3, -0.25) is 14.4 Å². The number of amides is 2. The number of rotatable bonds is 5. The lowest BCUT2D eigenvalue weighted by Crippen LogP contribution is -2.47. The quantitative estimate of drug-likeness (QED) is 0.761. The van der Waals surface area contributed by atoms with Crippen LogP contribution < -0.4 is 10.7 Å². The van der Waals surface area contributed by atoms with E-state index in [0.29, 0.717) is 25.1 Å². The summed E-state index contributed by atoms with van der Waals surface area (Å²) in [7, 11) is 0. The average Bonchev–Trinajstić information content (AvgIpc) is 3.13. The van der Waals surface area contributed by atoms with Gasteiger partial charge in [-0.05, 0) is 24.8 Å². The van der Waals surface area contributed by atoms with Crippen LogP contribution in [0.2, 0.25) is 0 Å². The number of hydrogen-bond donors (Lipinski definition) is 2. The highest BCUT2D eigenvalue weighted by Gasteiger charge is 2.43. The van der Waals surface area contributed by atoms with Gasteiger partial charge >= 0.3 is 0 Å². The summed E-state index contributed by atoms with van der Waals surface area (Å²) in [5.74, 6) is -3.22. The van der Waals surface area contributed by atoms with Gasteiger partial charge in [0.15, 0.2) is 11.4 Å². The van der Waals surface area contributed by atoms with Gasteiger partial charge in [0.1, 0.15) is 17.2 Å². The monoisotopic (exact) mass is 431 g/mol. The van der Waals surface area contributed by atoms with Crippen molar-refractivity contribution in [1.29, 1.82) is 0 Å². The van der Waals surface area contributed by atoms with Crippen molar-refractivity contribution in [1.82, 2.24) is 14.8 Å². The molecule has 4 rings (SSSR count). The van der Waals surface area contributed by atoms with Gasteiger partial charge in [0.25, 0.3) is 11.8 Å². The summed E-state index contributed by atoms with van der Waals surface area (Å²) in [5, 5.41) is 12.8. The van der Waals surface area contributed by atoms with Gasteiger partial charge < -0.3 is 19.9 Å². The number of fused-ring (bicyclic) bond motifs is 2. The van der Waals surface area contributed by atoms with Crippen molar-refractivity contribution in [2.45, 2.75) is 45.3 Å². The summed E-state index contributed by atoms with van der Waals surface area (Å²) < 4.78 is 28.3. The Morgan fingerprint density at radius 2 is 2.06 bits per heavy atom. The first kappa shape index (κ1) is 21.0. The van der Waals surface area contributed by atoms with Gasteiger partial charge in [-0.25, -0.2) is 8.78 Å². The van der Waals surface area contributed by atoms with Crippen LogP contribution >= 0.6 is 0 Å². The van der Waals surface area contributed by atoms with Crippen molar-refractivity contribution >= 4 is 11.8 Å². The number of pyridine rings is 1. The van der Waals surface area contributed by atoms with Gasteiger partial charge in [-0.2, -0.15) is 0 Å². The summed E-state index contributed by atoms with van der Waals surface area (Å²) in [6.45, 7) is 2.77. The first-order valence-corrected chi connectivity index (χ1v) is 10.3. The highest BCUT2D eigenvalue weighted by molar-refractivity contribution is 5.99. The van der Waals surface area contributed by atoms with Crippen LogP contribution in [0.25, 0.3) is 0 Å². The van der Waals surface area contributed by atoms with Gasteiger partial charge in [0.05, 0.1) is 6.04 Å². The molecule has 0 bridgehead atoms. The number of nitrogens with zero attached hydrogens (tertiary/aromatic N) is 2. The minimum Gasteiger partial charge on any atom is -0.503 e. The molecule has 9 heteroatoms. The second kappa shape index (κ2) is 8.13. The zero-order chi connectivity index (χ0) is 22.3. The lowest BCUT2D eigenvalue weighted by molar-refractivity contribution is 0.0627. The average molecular weight is 431 g/mol. The third-order valence-corrected chi connectivity index (χ3v) is 6.15. The number of hydrogen-bond acceptors (Lipinski definition) is 4. The lowest BCUT2D eigenvalue weighted by Gasteiger charge is -2.35. The zero-order valence-electron chi connectivity index (χ0n) is 17.0. The van der Waals surface area contributed by atoms with E-state index in [1.807, 2.05) is 0 Å². The van der Waals surface area contributed by atoms with Gasteiger partial charge in [0.2, 0.25) is 5.43 Å². The molecule has 2 aliphatic heterocycles. The molecule has 1 fully saturated rings. The maximum Gasteiger partial charge on any atom is 0.274 e. The highest BCUT2D eigenvalue weighted by atomic mass is 19.1. The lowest BCUT2D eigenvalue weighted by atomic mass is 9.94. The Balaban J connectivity index is 1.61. The van der Waals surface area contributed by atoms with Crippen molar-refractivity contribution in [2.75, 3.05) is 6.54 Å². The molecule has 31 heavy (non-hydrogen) atoms. The van der Waals surface area contributed by atoms with Gasteiger partial charge in [-0.15, -0.1) is 0 Å². The number of halogens is 2. The third kappa shape index (κ3) is 3.68. The normalized spacial score (nSPS) is 19.8. The van der Waals surface area contributed by atoms with E-state index in [-0.39, 0.29) is 29.4 Å². The molecular weight excluding hydrogens is 408 g/mol. The van der Waals surface area contributed by atoms with Crippen LogP contribution in [-0.4, -0.2) is 39.0 Å². The summed E-state index contributed by atoms with van der Waals surface area (Å²) in [6.07, 6.45) is 4.09. The van der Waals surface area contributed by atoms with E-state index < -0.39 is 34.6 Å². The molecule has 7 nitrogen and oxygen atoms in total. The summed E-state index contributed by atoms with van der Waals surface area (Å²) in [5.41, 5.74) is -1.36. The molecule has 0 saturated carbocycles. The van der Waals surface area contributed by atoms with Crippen LogP contribution in [0.15, 0.2) is 29.2 Å². The third-order valence-electron chi connectivity index (χ3n) is 6.15. The van der Waals surface area contributed by atoms with Gasteiger partial charge in [0, 0.05) is 37.5 Å². The van der Waals surface area contributed by atoms with Crippen LogP contribution in [-0.2, 0) is 13.1 Å². The molecule has 2 aromatic rings. The molecule has 0 spiro atoms. The number of carbonyl (C=O) groups excluding carboxylic acids is 2. The van der Waals surface area contributed by atoms with E-state index in [1.165, 1.54) is 16.8 Å². The van der Waals surface area contributed by atoms with Crippen molar-refractivity contribution in [3.8, 4) is 5.75 Å². The van der Waals surface area contributed by atoms with Crippen LogP contribution in [0.5, 0.6) is 5.75 Å². The molecule has 164 valence electrons. The molecule has 3 heterocycles. The fourth-order valence-corrected chi connectivity index (χ4v) is 4.58.